The summed E-state index contributed by atoms with van der Waals surface area (Å²) in [5.74, 6) is 0. The van der Waals surface area contributed by atoms with Crippen molar-refractivity contribution in [3.63, 3.8) is 0 Å². The molecule has 1 atom stereocenters. The quantitative estimate of drug-likeness (QED) is 0.901. The van der Waals surface area contributed by atoms with E-state index in [0.29, 0.717) is 11.4 Å². The number of nitrogens with two attached hydrogens (primary N) is 1. The molecule has 1 nitrogen and oxygen atoms in total. The molecule has 0 aliphatic carbocycles. The van der Waals surface area contributed by atoms with Crippen LogP contribution in [0.3, 0.4) is 0 Å². The van der Waals surface area contributed by atoms with Crippen molar-refractivity contribution in [3.8, 4) is 0 Å². The maximum atomic E-state index is 12.0. The highest BCUT2D eigenvalue weighted by atomic mass is 79.9. The molecule has 0 saturated heterocycles. The minimum Gasteiger partial charge on any atom is -0.324 e. The summed E-state index contributed by atoms with van der Waals surface area (Å²) < 4.78 is 12.9. The fourth-order valence-corrected chi connectivity index (χ4v) is 1.79. The topological polar surface area (TPSA) is 26.0 Å². The van der Waals surface area contributed by atoms with Gasteiger partial charge in [0.05, 0.1) is 6.67 Å². The molecule has 0 aromatic heterocycles. The van der Waals surface area contributed by atoms with Crippen molar-refractivity contribution in [2.75, 3.05) is 6.67 Å². The predicted octanol–water partition coefficient (Wildman–Crippen LogP) is 3.88. The third kappa shape index (κ3) is 3.73. The molecule has 14 heavy (non-hydrogen) atoms. The second-order valence-corrected chi connectivity index (χ2v) is 4.04. The predicted molar refractivity (Wildman–Crippen MR) is 63.9 cm³/mol. The van der Waals surface area contributed by atoms with Crippen LogP contribution >= 0.6 is 39.9 Å². The van der Waals surface area contributed by atoms with Gasteiger partial charge in [0, 0.05) is 15.5 Å². The Morgan fingerprint density at radius 1 is 1.50 bits per heavy atom. The van der Waals surface area contributed by atoms with Gasteiger partial charge in [-0.3, -0.25) is 4.39 Å². The van der Waals surface area contributed by atoms with Gasteiger partial charge in [-0.25, -0.2) is 0 Å². The first-order chi connectivity index (χ1) is 6.15. The van der Waals surface area contributed by atoms with Crippen LogP contribution in [0.5, 0.6) is 0 Å². The smallest absolute Gasteiger partial charge is 0.0912 e. The maximum Gasteiger partial charge on any atom is 0.0912 e. The largest absolute Gasteiger partial charge is 0.324 e. The van der Waals surface area contributed by atoms with Gasteiger partial charge in [-0.15, -0.1) is 12.4 Å². The van der Waals surface area contributed by atoms with E-state index in [0.717, 1.165) is 10.0 Å². The number of hydrogen-bond acceptors (Lipinski definition) is 1. The highest BCUT2D eigenvalue weighted by Gasteiger charge is 2.09. The zero-order valence-electron chi connectivity index (χ0n) is 7.34. The molecular formula is C9H11BrCl2FN. The van der Waals surface area contributed by atoms with Crippen molar-refractivity contribution in [2.45, 2.75) is 12.5 Å². The molecule has 0 bridgehead atoms. The van der Waals surface area contributed by atoms with Gasteiger partial charge in [0.15, 0.2) is 0 Å². The molecule has 80 valence electrons. The van der Waals surface area contributed by atoms with Crippen LogP contribution in [0, 0.1) is 0 Å². The minimum absolute atomic E-state index is 0. The third-order valence-electron chi connectivity index (χ3n) is 1.78. The zero-order chi connectivity index (χ0) is 9.84. The summed E-state index contributed by atoms with van der Waals surface area (Å²) in [5.41, 5.74) is 6.60. The monoisotopic (exact) mass is 301 g/mol. The summed E-state index contributed by atoms with van der Waals surface area (Å²) in [5, 5.41) is 0.618. The molecule has 0 radical (unpaired) electrons. The normalized spacial score (nSPS) is 12.0. The molecule has 0 heterocycles. The molecule has 0 spiro atoms. The maximum absolute atomic E-state index is 12.0. The molecule has 0 fully saturated rings. The SMILES string of the molecule is Cl.N[C@H](CCF)c1cc(Cl)ccc1Br. The van der Waals surface area contributed by atoms with E-state index in [9.17, 15) is 4.39 Å². The van der Waals surface area contributed by atoms with E-state index in [1.165, 1.54) is 0 Å². The molecule has 0 aliphatic rings. The summed E-state index contributed by atoms with van der Waals surface area (Å²) in [6.45, 7) is -0.417. The standard InChI is InChI=1S/C9H10BrClFN.ClH/c10-8-2-1-6(11)5-7(8)9(13)3-4-12;/h1-2,5,9H,3-4,13H2;1H/t9-;/m1./s1. The molecule has 1 aromatic carbocycles. The molecule has 0 saturated carbocycles. The Bertz CT molecular complexity index is 296. The molecule has 1 rings (SSSR count). The Morgan fingerprint density at radius 2 is 2.14 bits per heavy atom. The van der Waals surface area contributed by atoms with Crippen LogP contribution in [0.25, 0.3) is 0 Å². The van der Waals surface area contributed by atoms with Crippen LogP contribution in [-0.2, 0) is 0 Å². The first kappa shape index (κ1) is 14.2. The number of rotatable bonds is 3. The Labute approximate surface area is 102 Å². The van der Waals surface area contributed by atoms with Crippen molar-refractivity contribution in [3.05, 3.63) is 33.3 Å². The Hall–Kier alpha value is 0.170. The van der Waals surface area contributed by atoms with E-state index in [4.69, 9.17) is 17.3 Å². The van der Waals surface area contributed by atoms with Crippen LogP contribution in [0.2, 0.25) is 5.02 Å². The zero-order valence-corrected chi connectivity index (χ0v) is 10.5. The van der Waals surface area contributed by atoms with E-state index >= 15 is 0 Å². The summed E-state index contributed by atoms with van der Waals surface area (Å²) in [4.78, 5) is 0. The van der Waals surface area contributed by atoms with Gasteiger partial charge < -0.3 is 5.73 Å². The van der Waals surface area contributed by atoms with Crippen LogP contribution in [0.15, 0.2) is 22.7 Å². The lowest BCUT2D eigenvalue weighted by molar-refractivity contribution is 0.441. The van der Waals surface area contributed by atoms with Crippen LogP contribution in [0.1, 0.15) is 18.0 Å². The average molecular weight is 303 g/mol. The molecule has 5 heteroatoms. The lowest BCUT2D eigenvalue weighted by Gasteiger charge is -2.12. The summed E-state index contributed by atoms with van der Waals surface area (Å²) in [7, 11) is 0. The minimum atomic E-state index is -0.417. The number of halogens is 4. The average Bonchev–Trinajstić information content (AvgIpc) is 2.09. The molecule has 2 N–H and O–H groups in total. The van der Waals surface area contributed by atoms with Gasteiger partial charge in [-0.1, -0.05) is 27.5 Å². The fraction of sp³-hybridized carbons (Fsp3) is 0.333. The van der Waals surface area contributed by atoms with Crippen LogP contribution in [0.4, 0.5) is 4.39 Å². The van der Waals surface area contributed by atoms with E-state index in [1.807, 2.05) is 6.07 Å². The van der Waals surface area contributed by atoms with Gasteiger partial charge in [-0.05, 0) is 30.2 Å². The summed E-state index contributed by atoms with van der Waals surface area (Å²) in [6.07, 6.45) is 0.318. The first-order valence-electron chi connectivity index (χ1n) is 3.91. The van der Waals surface area contributed by atoms with Gasteiger partial charge in [0.1, 0.15) is 0 Å². The van der Waals surface area contributed by atoms with Crippen molar-refractivity contribution in [1.29, 1.82) is 0 Å². The van der Waals surface area contributed by atoms with Gasteiger partial charge in [0.2, 0.25) is 0 Å². The summed E-state index contributed by atoms with van der Waals surface area (Å²) in [6, 6.07) is 5.04. The van der Waals surface area contributed by atoms with Gasteiger partial charge in [0.25, 0.3) is 0 Å². The molecule has 0 aliphatic heterocycles. The highest BCUT2D eigenvalue weighted by Crippen LogP contribution is 2.27. The molecule has 1 aromatic rings. The van der Waals surface area contributed by atoms with E-state index in [1.54, 1.807) is 12.1 Å². The van der Waals surface area contributed by atoms with Crippen molar-refractivity contribution in [1.82, 2.24) is 0 Å². The van der Waals surface area contributed by atoms with E-state index in [2.05, 4.69) is 15.9 Å². The number of hydrogen-bond donors (Lipinski definition) is 1. The lowest BCUT2D eigenvalue weighted by atomic mass is 10.1. The second-order valence-electron chi connectivity index (χ2n) is 2.75. The fourth-order valence-electron chi connectivity index (χ4n) is 1.07. The van der Waals surface area contributed by atoms with E-state index in [-0.39, 0.29) is 18.4 Å². The molecule has 0 amide bonds. The number of alkyl halides is 1. The van der Waals surface area contributed by atoms with Crippen molar-refractivity contribution >= 4 is 39.9 Å². The Morgan fingerprint density at radius 3 is 2.71 bits per heavy atom. The Kier molecular flexibility index (Phi) is 6.70. The molecule has 0 unspecified atom stereocenters. The Balaban J connectivity index is 0.00000169. The van der Waals surface area contributed by atoms with Crippen molar-refractivity contribution in [2.24, 2.45) is 5.73 Å². The van der Waals surface area contributed by atoms with Crippen LogP contribution in [-0.4, -0.2) is 6.67 Å². The van der Waals surface area contributed by atoms with Gasteiger partial charge >= 0.3 is 0 Å². The summed E-state index contributed by atoms with van der Waals surface area (Å²) >= 11 is 9.13. The van der Waals surface area contributed by atoms with E-state index < -0.39 is 6.67 Å². The first-order valence-corrected chi connectivity index (χ1v) is 5.08. The second kappa shape index (κ2) is 6.62. The third-order valence-corrected chi connectivity index (χ3v) is 2.73. The van der Waals surface area contributed by atoms with Gasteiger partial charge in [-0.2, -0.15) is 0 Å². The number of benzene rings is 1. The van der Waals surface area contributed by atoms with Crippen LogP contribution < -0.4 is 5.73 Å². The lowest BCUT2D eigenvalue weighted by Crippen LogP contribution is -2.11. The molecular weight excluding hydrogens is 292 g/mol. The highest BCUT2D eigenvalue weighted by molar-refractivity contribution is 9.10. The van der Waals surface area contributed by atoms with Crippen molar-refractivity contribution < 1.29 is 4.39 Å².